The van der Waals surface area contributed by atoms with E-state index < -0.39 is 0 Å². The maximum Gasteiger partial charge on any atom is 0.318 e. The van der Waals surface area contributed by atoms with E-state index in [2.05, 4.69) is 5.32 Å². The summed E-state index contributed by atoms with van der Waals surface area (Å²) in [7, 11) is 0. The third-order valence-corrected chi connectivity index (χ3v) is 2.07. The highest BCUT2D eigenvalue weighted by molar-refractivity contribution is 5.79. The number of amides is 2. The van der Waals surface area contributed by atoms with Gasteiger partial charge in [0, 0.05) is 6.54 Å². The van der Waals surface area contributed by atoms with Crippen LogP contribution in [0.15, 0.2) is 0 Å². The van der Waals surface area contributed by atoms with Gasteiger partial charge in [-0.3, -0.25) is 0 Å². The Morgan fingerprint density at radius 1 is 1.89 bits per heavy atom. The molecular formula is C6H10N2O. The molecule has 3 nitrogen and oxygen atoms in total. The van der Waals surface area contributed by atoms with Crippen molar-refractivity contribution in [1.82, 2.24) is 10.2 Å². The number of fused-ring (bicyclic) bond motifs is 1. The van der Waals surface area contributed by atoms with Crippen LogP contribution in [-0.4, -0.2) is 29.6 Å². The van der Waals surface area contributed by atoms with E-state index in [1.165, 1.54) is 6.42 Å². The fourth-order valence-electron chi connectivity index (χ4n) is 1.45. The number of nitrogens with zero attached hydrogens (tertiary/aromatic N) is 1. The lowest BCUT2D eigenvalue weighted by atomic mass is 10.5. The fourth-order valence-corrected chi connectivity index (χ4v) is 1.45. The quantitative estimate of drug-likeness (QED) is 0.533. The van der Waals surface area contributed by atoms with Crippen LogP contribution >= 0.6 is 0 Å². The predicted octanol–water partition coefficient (Wildman–Crippen LogP) is 0.172. The standard InChI is InChI=1S/C6H10N2O/c1-2-8-5-3-4(5)7-6(8)9/h4-5H,2-3H2,1H3,(H,7,9). The van der Waals surface area contributed by atoms with Crippen molar-refractivity contribution in [2.75, 3.05) is 6.54 Å². The van der Waals surface area contributed by atoms with Crippen LogP contribution in [-0.2, 0) is 0 Å². The van der Waals surface area contributed by atoms with Crippen LogP contribution in [0.4, 0.5) is 4.79 Å². The third-order valence-electron chi connectivity index (χ3n) is 2.07. The summed E-state index contributed by atoms with van der Waals surface area (Å²) in [5.41, 5.74) is 0. The largest absolute Gasteiger partial charge is 0.333 e. The monoisotopic (exact) mass is 126 g/mol. The van der Waals surface area contributed by atoms with Gasteiger partial charge in [0.15, 0.2) is 0 Å². The summed E-state index contributed by atoms with van der Waals surface area (Å²) in [6, 6.07) is 1.17. The van der Waals surface area contributed by atoms with Gasteiger partial charge in [0.1, 0.15) is 0 Å². The van der Waals surface area contributed by atoms with Gasteiger partial charge in [-0.25, -0.2) is 4.79 Å². The van der Waals surface area contributed by atoms with Crippen molar-refractivity contribution in [2.24, 2.45) is 0 Å². The summed E-state index contributed by atoms with van der Waals surface area (Å²) >= 11 is 0. The van der Waals surface area contributed by atoms with Gasteiger partial charge in [-0.15, -0.1) is 0 Å². The predicted molar refractivity (Wildman–Crippen MR) is 33.1 cm³/mol. The minimum atomic E-state index is 0.124. The summed E-state index contributed by atoms with van der Waals surface area (Å²) < 4.78 is 0. The molecule has 2 atom stereocenters. The van der Waals surface area contributed by atoms with Gasteiger partial charge in [-0.2, -0.15) is 0 Å². The highest BCUT2D eigenvalue weighted by Crippen LogP contribution is 2.32. The number of hydrogen-bond donors (Lipinski definition) is 1. The van der Waals surface area contributed by atoms with Crippen LogP contribution in [0, 0.1) is 0 Å². The van der Waals surface area contributed by atoms with Crippen LogP contribution < -0.4 is 5.32 Å². The normalized spacial score (nSPS) is 38.3. The molecular weight excluding hydrogens is 116 g/mol. The Morgan fingerprint density at radius 2 is 2.67 bits per heavy atom. The molecule has 1 aliphatic heterocycles. The minimum Gasteiger partial charge on any atom is -0.333 e. The Bertz CT molecular complexity index is 157. The van der Waals surface area contributed by atoms with Gasteiger partial charge in [-0.1, -0.05) is 0 Å². The number of carbonyl (C=O) groups is 1. The van der Waals surface area contributed by atoms with Crippen molar-refractivity contribution in [3.05, 3.63) is 0 Å². The van der Waals surface area contributed by atoms with Gasteiger partial charge < -0.3 is 10.2 Å². The number of urea groups is 1. The Morgan fingerprint density at radius 3 is 3.00 bits per heavy atom. The van der Waals surface area contributed by atoms with E-state index in [1.807, 2.05) is 11.8 Å². The average molecular weight is 126 g/mol. The molecule has 0 aromatic carbocycles. The first-order valence-electron chi connectivity index (χ1n) is 3.40. The highest BCUT2D eigenvalue weighted by Gasteiger charge is 2.50. The van der Waals surface area contributed by atoms with Crippen molar-refractivity contribution in [3.8, 4) is 0 Å². The zero-order valence-electron chi connectivity index (χ0n) is 5.42. The fraction of sp³-hybridized carbons (Fsp3) is 0.833. The molecule has 2 rings (SSSR count). The lowest BCUT2D eigenvalue weighted by molar-refractivity contribution is 0.211. The maximum absolute atomic E-state index is 10.9. The molecule has 2 fully saturated rings. The lowest BCUT2D eigenvalue weighted by Gasteiger charge is -2.12. The molecule has 1 saturated carbocycles. The number of likely N-dealkylation sites (N-methyl/N-ethyl adjacent to an activating group) is 1. The SMILES string of the molecule is CCN1C(=O)NC2CC21. The number of nitrogens with one attached hydrogen (secondary N) is 1. The molecule has 2 amide bonds. The summed E-state index contributed by atoms with van der Waals surface area (Å²) in [5, 5.41) is 2.88. The molecule has 0 aromatic rings. The lowest BCUT2D eigenvalue weighted by Crippen LogP contribution is -2.32. The molecule has 9 heavy (non-hydrogen) atoms. The molecule has 0 radical (unpaired) electrons. The second-order valence-electron chi connectivity index (χ2n) is 2.65. The first-order chi connectivity index (χ1) is 4.33. The Kier molecular flexibility index (Phi) is 0.793. The van der Waals surface area contributed by atoms with Gasteiger partial charge in [0.25, 0.3) is 0 Å². The Labute approximate surface area is 54.0 Å². The van der Waals surface area contributed by atoms with E-state index in [-0.39, 0.29) is 6.03 Å². The molecule has 0 aromatic heterocycles. The van der Waals surface area contributed by atoms with Crippen molar-refractivity contribution >= 4 is 6.03 Å². The van der Waals surface area contributed by atoms with Gasteiger partial charge in [0.2, 0.25) is 0 Å². The second kappa shape index (κ2) is 1.40. The summed E-state index contributed by atoms with van der Waals surface area (Å²) in [5.74, 6) is 0. The zero-order chi connectivity index (χ0) is 6.43. The number of rotatable bonds is 1. The first kappa shape index (κ1) is 5.09. The topological polar surface area (TPSA) is 32.3 Å². The van der Waals surface area contributed by atoms with E-state index in [1.54, 1.807) is 0 Å². The van der Waals surface area contributed by atoms with Gasteiger partial charge in [0.05, 0.1) is 12.1 Å². The second-order valence-corrected chi connectivity index (χ2v) is 2.65. The smallest absolute Gasteiger partial charge is 0.318 e. The molecule has 1 saturated heterocycles. The van der Waals surface area contributed by atoms with E-state index in [0.717, 1.165) is 6.54 Å². The molecule has 0 spiro atoms. The van der Waals surface area contributed by atoms with Crippen molar-refractivity contribution in [1.29, 1.82) is 0 Å². The van der Waals surface area contributed by atoms with E-state index >= 15 is 0 Å². The highest BCUT2D eigenvalue weighted by atomic mass is 16.2. The van der Waals surface area contributed by atoms with Crippen molar-refractivity contribution in [3.63, 3.8) is 0 Å². The molecule has 0 bridgehead atoms. The molecule has 1 heterocycles. The molecule has 1 aliphatic carbocycles. The van der Waals surface area contributed by atoms with Crippen LogP contribution in [0.2, 0.25) is 0 Å². The number of carbonyl (C=O) groups excluding carboxylic acids is 1. The van der Waals surface area contributed by atoms with E-state index in [0.29, 0.717) is 12.1 Å². The zero-order valence-corrected chi connectivity index (χ0v) is 5.42. The van der Waals surface area contributed by atoms with E-state index in [4.69, 9.17) is 0 Å². The van der Waals surface area contributed by atoms with Crippen molar-refractivity contribution < 1.29 is 4.79 Å². The summed E-state index contributed by atoms with van der Waals surface area (Å²) in [6.07, 6.45) is 1.17. The first-order valence-corrected chi connectivity index (χ1v) is 3.40. The molecule has 3 heteroatoms. The van der Waals surface area contributed by atoms with Crippen LogP contribution in [0.5, 0.6) is 0 Å². The third kappa shape index (κ3) is 0.544. The molecule has 1 N–H and O–H groups in total. The number of hydrogen-bond acceptors (Lipinski definition) is 1. The van der Waals surface area contributed by atoms with Gasteiger partial charge >= 0.3 is 6.03 Å². The average Bonchev–Trinajstić information content (AvgIpc) is 2.45. The molecule has 50 valence electrons. The minimum absolute atomic E-state index is 0.124. The molecule has 2 aliphatic rings. The van der Waals surface area contributed by atoms with Crippen LogP contribution in [0.3, 0.4) is 0 Å². The van der Waals surface area contributed by atoms with Crippen molar-refractivity contribution in [2.45, 2.75) is 25.4 Å². The van der Waals surface area contributed by atoms with E-state index in [9.17, 15) is 4.79 Å². The summed E-state index contributed by atoms with van der Waals surface area (Å²) in [4.78, 5) is 12.8. The van der Waals surface area contributed by atoms with Crippen LogP contribution in [0.1, 0.15) is 13.3 Å². The Balaban J connectivity index is 2.10. The maximum atomic E-state index is 10.9. The van der Waals surface area contributed by atoms with Crippen LogP contribution in [0.25, 0.3) is 0 Å². The summed E-state index contributed by atoms with van der Waals surface area (Å²) in [6.45, 7) is 2.87. The Hall–Kier alpha value is -0.730. The van der Waals surface area contributed by atoms with Gasteiger partial charge in [-0.05, 0) is 13.3 Å². The molecule has 2 unspecified atom stereocenters.